The molecule has 3 heterocycles. The van der Waals surface area contributed by atoms with Crippen molar-refractivity contribution < 1.29 is 13.2 Å². The predicted octanol–water partition coefficient (Wildman–Crippen LogP) is 5.89. The molecule has 2 aromatic heterocycles. The van der Waals surface area contributed by atoms with Crippen molar-refractivity contribution in [3.63, 3.8) is 0 Å². The Labute approximate surface area is 191 Å². The third kappa shape index (κ3) is 3.77. The van der Waals surface area contributed by atoms with Crippen LogP contribution in [0.3, 0.4) is 0 Å². The van der Waals surface area contributed by atoms with Crippen LogP contribution in [0.15, 0.2) is 54.7 Å². The number of alkyl halides is 3. The fourth-order valence-electron chi connectivity index (χ4n) is 4.62. The summed E-state index contributed by atoms with van der Waals surface area (Å²) in [6.45, 7) is 7.81. The van der Waals surface area contributed by atoms with Gasteiger partial charge in [-0.25, -0.2) is 0 Å². The topological polar surface area (TPSA) is 33.1 Å². The molecular formula is C24H25F3N4S. The van der Waals surface area contributed by atoms with Crippen LogP contribution in [-0.2, 0) is 6.18 Å². The van der Waals surface area contributed by atoms with Crippen molar-refractivity contribution in [1.29, 1.82) is 0 Å². The Bertz CT molecular complexity index is 1140. The van der Waals surface area contributed by atoms with E-state index >= 15 is 0 Å². The molecule has 3 aromatic rings. The van der Waals surface area contributed by atoms with Crippen LogP contribution in [0.1, 0.15) is 54.1 Å². The molecule has 2 unspecified atom stereocenters. The average molecular weight is 459 g/mol. The zero-order valence-corrected chi connectivity index (χ0v) is 19.1. The smallest absolute Gasteiger partial charge is 0.352 e. The lowest BCUT2D eigenvalue weighted by Gasteiger charge is -2.31. The van der Waals surface area contributed by atoms with Gasteiger partial charge in [-0.1, -0.05) is 18.2 Å². The highest BCUT2D eigenvalue weighted by Crippen LogP contribution is 2.43. The Balaban J connectivity index is 1.89. The number of hydrogen-bond donors (Lipinski definition) is 1. The van der Waals surface area contributed by atoms with Gasteiger partial charge in [-0.2, -0.15) is 13.2 Å². The number of halogens is 3. The Kier molecular flexibility index (Phi) is 5.75. The maximum atomic E-state index is 13.8. The highest BCUT2D eigenvalue weighted by atomic mass is 32.1. The molecule has 0 amide bonds. The number of rotatable bonds is 4. The number of thiocarbonyl (C=S) groups is 1. The highest BCUT2D eigenvalue weighted by molar-refractivity contribution is 7.80. The standard InChI is InChI=1S/C24H25F3N4S/c1-14(2)30-22(21(29-23(30)32)19-10-7-8-12-28-19)17-13-15(3)31(16(17)4)20-11-6-5-9-18(20)24(25,26)27/h5-14,21-22H,1-4H3,(H,29,32). The third-order valence-electron chi connectivity index (χ3n) is 5.93. The molecule has 4 rings (SSSR count). The molecule has 1 aliphatic heterocycles. The van der Waals surface area contributed by atoms with Crippen LogP contribution in [0.2, 0.25) is 0 Å². The minimum absolute atomic E-state index is 0.0965. The van der Waals surface area contributed by atoms with Crippen LogP contribution < -0.4 is 5.32 Å². The SMILES string of the molecule is Cc1cc(C2C(c3ccccn3)NC(=S)N2C(C)C)c(C)n1-c1ccccc1C(F)(F)F. The quantitative estimate of drug-likeness (QED) is 0.495. The molecule has 0 bridgehead atoms. The Morgan fingerprint density at radius 1 is 1.06 bits per heavy atom. The number of benzene rings is 1. The maximum Gasteiger partial charge on any atom is 0.418 e. The lowest BCUT2D eigenvalue weighted by molar-refractivity contribution is -0.137. The van der Waals surface area contributed by atoms with Crippen LogP contribution in [0, 0.1) is 13.8 Å². The van der Waals surface area contributed by atoms with Crippen LogP contribution in [-0.4, -0.2) is 25.6 Å². The van der Waals surface area contributed by atoms with E-state index in [1.165, 1.54) is 12.1 Å². The molecule has 2 atom stereocenters. The van der Waals surface area contributed by atoms with Gasteiger partial charge in [0.05, 0.1) is 29.0 Å². The summed E-state index contributed by atoms with van der Waals surface area (Å²) in [4.78, 5) is 6.63. The summed E-state index contributed by atoms with van der Waals surface area (Å²) in [5.41, 5.74) is 2.72. The summed E-state index contributed by atoms with van der Waals surface area (Å²) in [5.74, 6) is 0. The van der Waals surface area contributed by atoms with Crippen molar-refractivity contribution in [2.75, 3.05) is 0 Å². The Hall–Kier alpha value is -2.87. The minimum Gasteiger partial charge on any atom is -0.352 e. The van der Waals surface area contributed by atoms with Gasteiger partial charge in [0.25, 0.3) is 0 Å². The molecule has 0 saturated carbocycles. The van der Waals surface area contributed by atoms with Crippen LogP contribution in [0.25, 0.3) is 5.69 Å². The average Bonchev–Trinajstić information content (AvgIpc) is 3.23. The predicted molar refractivity (Wildman–Crippen MR) is 123 cm³/mol. The third-order valence-corrected chi connectivity index (χ3v) is 6.26. The van der Waals surface area contributed by atoms with Crippen LogP contribution in [0.5, 0.6) is 0 Å². The zero-order valence-electron chi connectivity index (χ0n) is 18.3. The molecule has 32 heavy (non-hydrogen) atoms. The second kappa shape index (κ2) is 8.24. The second-order valence-corrected chi connectivity index (χ2v) is 8.69. The minimum atomic E-state index is -4.45. The summed E-state index contributed by atoms with van der Waals surface area (Å²) in [6, 6.07) is 13.1. The van der Waals surface area contributed by atoms with Gasteiger partial charge < -0.3 is 14.8 Å². The van der Waals surface area contributed by atoms with E-state index in [9.17, 15) is 13.2 Å². The number of aromatic nitrogens is 2. The van der Waals surface area contributed by atoms with Gasteiger partial charge in [0, 0.05) is 23.6 Å². The fraction of sp³-hybridized carbons (Fsp3) is 0.333. The largest absolute Gasteiger partial charge is 0.418 e. The number of nitrogens with one attached hydrogen (secondary N) is 1. The van der Waals surface area contributed by atoms with Gasteiger partial charge in [0.15, 0.2) is 5.11 Å². The van der Waals surface area contributed by atoms with Crippen LogP contribution in [0.4, 0.5) is 13.2 Å². The molecule has 4 nitrogen and oxygen atoms in total. The summed E-state index contributed by atoms with van der Waals surface area (Å²) < 4.78 is 42.9. The van der Waals surface area contributed by atoms with E-state index in [0.717, 1.165) is 28.7 Å². The molecule has 1 N–H and O–H groups in total. The number of hydrogen-bond acceptors (Lipinski definition) is 2. The number of para-hydroxylation sites is 1. The number of pyridine rings is 1. The molecule has 0 aliphatic carbocycles. The van der Waals surface area contributed by atoms with Gasteiger partial charge >= 0.3 is 6.18 Å². The molecule has 1 saturated heterocycles. The van der Waals surface area contributed by atoms with Crippen molar-refractivity contribution in [3.05, 3.63) is 82.9 Å². The van der Waals surface area contributed by atoms with Gasteiger partial charge in [-0.15, -0.1) is 0 Å². The lowest BCUT2D eigenvalue weighted by atomic mass is 9.96. The van der Waals surface area contributed by atoms with Crippen LogP contribution >= 0.6 is 12.2 Å². The van der Waals surface area contributed by atoms with Gasteiger partial charge in [0.1, 0.15) is 0 Å². The summed E-state index contributed by atoms with van der Waals surface area (Å²) in [5, 5.41) is 4.00. The van der Waals surface area contributed by atoms with E-state index < -0.39 is 11.7 Å². The fourth-order valence-corrected chi connectivity index (χ4v) is 5.07. The summed E-state index contributed by atoms with van der Waals surface area (Å²) in [7, 11) is 0. The molecular weight excluding hydrogens is 433 g/mol. The van der Waals surface area contributed by atoms with Crippen molar-refractivity contribution >= 4 is 17.3 Å². The normalized spacial score (nSPS) is 19.0. The van der Waals surface area contributed by atoms with E-state index in [1.807, 2.05) is 38.1 Å². The van der Waals surface area contributed by atoms with Gasteiger partial charge in [-0.05, 0) is 75.8 Å². The van der Waals surface area contributed by atoms with E-state index in [-0.39, 0.29) is 23.8 Å². The van der Waals surface area contributed by atoms with Crippen molar-refractivity contribution in [2.45, 2.75) is 52.0 Å². The molecule has 1 fully saturated rings. The first-order chi connectivity index (χ1) is 15.1. The first-order valence-corrected chi connectivity index (χ1v) is 10.9. The maximum absolute atomic E-state index is 13.8. The van der Waals surface area contributed by atoms with E-state index in [0.29, 0.717) is 5.11 Å². The first-order valence-electron chi connectivity index (χ1n) is 10.5. The highest BCUT2D eigenvalue weighted by Gasteiger charge is 2.43. The van der Waals surface area contributed by atoms with Gasteiger partial charge in [-0.3, -0.25) is 4.98 Å². The Morgan fingerprint density at radius 2 is 1.75 bits per heavy atom. The summed E-state index contributed by atoms with van der Waals surface area (Å²) >= 11 is 5.65. The van der Waals surface area contributed by atoms with E-state index in [1.54, 1.807) is 16.8 Å². The van der Waals surface area contributed by atoms with Gasteiger partial charge in [0.2, 0.25) is 0 Å². The number of aryl methyl sites for hydroxylation is 1. The van der Waals surface area contributed by atoms with Crippen molar-refractivity contribution in [3.8, 4) is 5.69 Å². The summed E-state index contributed by atoms with van der Waals surface area (Å²) in [6.07, 6.45) is -2.71. The molecule has 1 aliphatic rings. The number of nitrogens with zero attached hydrogens (tertiary/aromatic N) is 3. The first kappa shape index (κ1) is 22.3. The lowest BCUT2D eigenvalue weighted by Crippen LogP contribution is -2.35. The van der Waals surface area contributed by atoms with E-state index in [2.05, 4.69) is 29.0 Å². The molecule has 168 valence electrons. The molecule has 8 heteroatoms. The Morgan fingerprint density at radius 3 is 2.38 bits per heavy atom. The monoisotopic (exact) mass is 458 g/mol. The molecule has 0 radical (unpaired) electrons. The molecule has 1 aromatic carbocycles. The van der Waals surface area contributed by atoms with E-state index in [4.69, 9.17) is 12.2 Å². The van der Waals surface area contributed by atoms with Crippen molar-refractivity contribution in [1.82, 2.24) is 19.8 Å². The van der Waals surface area contributed by atoms with Crippen molar-refractivity contribution in [2.24, 2.45) is 0 Å². The molecule has 0 spiro atoms. The second-order valence-electron chi connectivity index (χ2n) is 8.30. The zero-order chi connectivity index (χ0) is 23.2.